The Morgan fingerprint density at radius 1 is 1.24 bits per heavy atom. The average Bonchev–Trinajstić information content (AvgIpc) is 2.58. The van der Waals surface area contributed by atoms with Crippen molar-refractivity contribution < 1.29 is 9.53 Å². The zero-order chi connectivity index (χ0) is 18.1. The van der Waals surface area contributed by atoms with Crippen LogP contribution in [0.15, 0.2) is 30.3 Å². The van der Waals surface area contributed by atoms with E-state index in [1.54, 1.807) is 20.1 Å². The lowest BCUT2D eigenvalue weighted by Gasteiger charge is -2.09. The number of halogens is 1. The van der Waals surface area contributed by atoms with Gasteiger partial charge in [-0.25, -0.2) is 9.97 Å². The molecule has 2 N–H and O–H groups in total. The molecule has 0 saturated heterocycles. The number of nitrogens with zero attached hydrogens (tertiary/aromatic N) is 2. The van der Waals surface area contributed by atoms with E-state index in [4.69, 9.17) is 16.3 Å². The number of anilines is 1. The van der Waals surface area contributed by atoms with Crippen molar-refractivity contribution in [3.8, 4) is 0 Å². The van der Waals surface area contributed by atoms with Gasteiger partial charge < -0.3 is 15.4 Å². The normalized spacial score (nSPS) is 10.5. The predicted octanol–water partition coefficient (Wildman–Crippen LogP) is 2.86. The fraction of sp³-hybridized carbons (Fsp3) is 0.389. The van der Waals surface area contributed by atoms with Crippen LogP contribution < -0.4 is 10.6 Å². The fourth-order valence-corrected chi connectivity index (χ4v) is 2.52. The van der Waals surface area contributed by atoms with Gasteiger partial charge >= 0.3 is 0 Å². The molecule has 1 heterocycles. The molecule has 0 aliphatic heterocycles. The molecule has 0 aliphatic rings. The monoisotopic (exact) mass is 362 g/mol. The van der Waals surface area contributed by atoms with Crippen LogP contribution in [0, 0.1) is 6.92 Å². The molecule has 2 rings (SSSR count). The molecule has 7 heteroatoms. The molecule has 0 unspecified atom stereocenters. The van der Waals surface area contributed by atoms with Crippen molar-refractivity contribution in [1.82, 2.24) is 15.3 Å². The molecule has 0 atom stereocenters. The van der Waals surface area contributed by atoms with E-state index in [-0.39, 0.29) is 5.91 Å². The van der Waals surface area contributed by atoms with Gasteiger partial charge in [0, 0.05) is 37.9 Å². The van der Waals surface area contributed by atoms with Crippen molar-refractivity contribution in [2.24, 2.45) is 0 Å². The summed E-state index contributed by atoms with van der Waals surface area (Å²) in [6.45, 7) is 3.61. The standard InChI is InChI=1S/C18H23ClN4O2/c1-13-22-16(18(24)21-8-4-10-25-2)12-17(23-13)20-9-7-14-5-3-6-15(19)11-14/h3,5-6,11-12H,4,7-10H2,1-2H3,(H,21,24)(H,20,22,23). The molecule has 1 aromatic heterocycles. The number of aryl methyl sites for hydroxylation is 1. The molecule has 0 spiro atoms. The lowest BCUT2D eigenvalue weighted by atomic mass is 10.1. The number of amides is 1. The van der Waals surface area contributed by atoms with E-state index < -0.39 is 0 Å². The molecule has 1 amide bonds. The molecule has 0 bridgehead atoms. The van der Waals surface area contributed by atoms with Crippen LogP contribution in [0.4, 0.5) is 5.82 Å². The third kappa shape index (κ3) is 6.68. The van der Waals surface area contributed by atoms with E-state index in [1.807, 2.05) is 24.3 Å². The number of rotatable bonds is 9. The number of ether oxygens (including phenoxy) is 1. The molecule has 134 valence electrons. The summed E-state index contributed by atoms with van der Waals surface area (Å²) in [5, 5.41) is 6.78. The Morgan fingerprint density at radius 3 is 2.84 bits per heavy atom. The van der Waals surface area contributed by atoms with Crippen molar-refractivity contribution >= 4 is 23.3 Å². The maximum Gasteiger partial charge on any atom is 0.270 e. The highest BCUT2D eigenvalue weighted by Gasteiger charge is 2.10. The van der Waals surface area contributed by atoms with E-state index in [9.17, 15) is 4.79 Å². The van der Waals surface area contributed by atoms with Crippen LogP contribution in [-0.2, 0) is 11.2 Å². The van der Waals surface area contributed by atoms with Crippen LogP contribution in [0.25, 0.3) is 0 Å². The van der Waals surface area contributed by atoms with Crippen LogP contribution in [0.2, 0.25) is 5.02 Å². The number of hydrogen-bond donors (Lipinski definition) is 2. The molecular formula is C18H23ClN4O2. The number of carbonyl (C=O) groups is 1. The zero-order valence-corrected chi connectivity index (χ0v) is 15.3. The van der Waals surface area contributed by atoms with E-state index in [2.05, 4.69) is 20.6 Å². The van der Waals surface area contributed by atoms with Gasteiger partial charge in [-0.1, -0.05) is 23.7 Å². The van der Waals surface area contributed by atoms with Gasteiger partial charge in [0.25, 0.3) is 5.91 Å². The molecule has 25 heavy (non-hydrogen) atoms. The zero-order valence-electron chi connectivity index (χ0n) is 14.5. The Kier molecular flexibility index (Phi) is 7.63. The maximum absolute atomic E-state index is 12.2. The number of methoxy groups -OCH3 is 1. The molecule has 0 radical (unpaired) electrons. The molecule has 0 saturated carbocycles. The summed E-state index contributed by atoms with van der Waals surface area (Å²) >= 11 is 5.99. The number of nitrogens with one attached hydrogen (secondary N) is 2. The highest BCUT2D eigenvalue weighted by atomic mass is 35.5. The van der Waals surface area contributed by atoms with Gasteiger partial charge in [-0.15, -0.1) is 0 Å². The van der Waals surface area contributed by atoms with E-state index in [0.29, 0.717) is 37.0 Å². The van der Waals surface area contributed by atoms with E-state index >= 15 is 0 Å². The lowest BCUT2D eigenvalue weighted by Crippen LogP contribution is -2.26. The summed E-state index contributed by atoms with van der Waals surface area (Å²) in [4.78, 5) is 20.7. The number of benzene rings is 1. The van der Waals surface area contributed by atoms with Crippen molar-refractivity contribution in [1.29, 1.82) is 0 Å². The van der Waals surface area contributed by atoms with Gasteiger partial charge in [0.2, 0.25) is 0 Å². The number of carbonyl (C=O) groups excluding carboxylic acids is 1. The summed E-state index contributed by atoms with van der Waals surface area (Å²) < 4.78 is 4.96. The van der Waals surface area contributed by atoms with E-state index in [1.165, 1.54) is 0 Å². The topological polar surface area (TPSA) is 76.1 Å². The Balaban J connectivity index is 1.90. The summed E-state index contributed by atoms with van der Waals surface area (Å²) in [6.07, 6.45) is 1.57. The van der Waals surface area contributed by atoms with Crippen LogP contribution in [0.5, 0.6) is 0 Å². The third-order valence-corrected chi connectivity index (χ3v) is 3.73. The van der Waals surface area contributed by atoms with E-state index in [0.717, 1.165) is 23.4 Å². The van der Waals surface area contributed by atoms with Crippen molar-refractivity contribution in [2.75, 3.05) is 32.1 Å². The SMILES string of the molecule is COCCCNC(=O)c1cc(NCCc2cccc(Cl)c2)nc(C)n1. The van der Waals surface area contributed by atoms with Crippen LogP contribution >= 0.6 is 11.6 Å². The van der Waals surface area contributed by atoms with Gasteiger partial charge in [-0.2, -0.15) is 0 Å². The van der Waals surface area contributed by atoms with Crippen molar-refractivity contribution in [3.05, 3.63) is 52.4 Å². The molecule has 6 nitrogen and oxygen atoms in total. The van der Waals surface area contributed by atoms with Gasteiger partial charge in [0.15, 0.2) is 0 Å². The first-order valence-corrected chi connectivity index (χ1v) is 8.57. The smallest absolute Gasteiger partial charge is 0.270 e. The first-order chi connectivity index (χ1) is 12.1. The fourth-order valence-electron chi connectivity index (χ4n) is 2.31. The number of hydrogen-bond acceptors (Lipinski definition) is 5. The minimum absolute atomic E-state index is 0.209. The maximum atomic E-state index is 12.2. The second-order valence-electron chi connectivity index (χ2n) is 5.59. The quantitative estimate of drug-likeness (QED) is 0.671. The Morgan fingerprint density at radius 2 is 2.08 bits per heavy atom. The van der Waals surface area contributed by atoms with Crippen LogP contribution in [-0.4, -0.2) is 42.7 Å². The van der Waals surface area contributed by atoms with Gasteiger partial charge in [-0.05, 0) is 37.5 Å². The summed E-state index contributed by atoms with van der Waals surface area (Å²) in [5.74, 6) is 0.978. The van der Waals surface area contributed by atoms with Gasteiger partial charge in [0.1, 0.15) is 17.3 Å². The van der Waals surface area contributed by atoms with Crippen LogP contribution in [0.3, 0.4) is 0 Å². The molecule has 2 aromatic rings. The summed E-state index contributed by atoms with van der Waals surface area (Å²) in [6, 6.07) is 9.41. The van der Waals surface area contributed by atoms with Gasteiger partial charge in [-0.3, -0.25) is 4.79 Å². The largest absolute Gasteiger partial charge is 0.385 e. The van der Waals surface area contributed by atoms with Gasteiger partial charge in [0.05, 0.1) is 0 Å². The summed E-state index contributed by atoms with van der Waals surface area (Å²) in [7, 11) is 1.64. The van der Waals surface area contributed by atoms with Crippen molar-refractivity contribution in [3.63, 3.8) is 0 Å². The minimum atomic E-state index is -0.209. The first kappa shape index (κ1) is 19.1. The highest BCUT2D eigenvalue weighted by molar-refractivity contribution is 6.30. The molecule has 1 aromatic carbocycles. The Hall–Kier alpha value is -2.18. The average molecular weight is 363 g/mol. The Labute approximate surface area is 153 Å². The first-order valence-electron chi connectivity index (χ1n) is 8.19. The minimum Gasteiger partial charge on any atom is -0.385 e. The second kappa shape index (κ2) is 9.96. The second-order valence-corrected chi connectivity index (χ2v) is 6.03. The van der Waals surface area contributed by atoms with Crippen LogP contribution in [0.1, 0.15) is 28.3 Å². The molecule has 0 aliphatic carbocycles. The van der Waals surface area contributed by atoms with Crippen molar-refractivity contribution in [2.45, 2.75) is 19.8 Å². The third-order valence-electron chi connectivity index (χ3n) is 3.49. The number of aromatic nitrogens is 2. The predicted molar refractivity (Wildman–Crippen MR) is 99.2 cm³/mol. The molecular weight excluding hydrogens is 340 g/mol. The lowest BCUT2D eigenvalue weighted by molar-refractivity contribution is 0.0943. The summed E-state index contributed by atoms with van der Waals surface area (Å²) in [5.41, 5.74) is 1.50. The molecule has 0 fully saturated rings. The Bertz CT molecular complexity index is 709. The highest BCUT2D eigenvalue weighted by Crippen LogP contribution is 2.12.